The molecule has 0 aliphatic heterocycles. The van der Waals surface area contributed by atoms with E-state index in [9.17, 15) is 19.5 Å². The molecule has 0 saturated carbocycles. The molecular formula is C19H33N5O5SSi. The molecule has 0 aliphatic carbocycles. The van der Waals surface area contributed by atoms with Crippen LogP contribution in [0.25, 0.3) is 11.2 Å². The fraction of sp³-hybridized carbons (Fsp3) is 0.684. The van der Waals surface area contributed by atoms with Crippen molar-refractivity contribution in [1.82, 2.24) is 24.0 Å². The summed E-state index contributed by atoms with van der Waals surface area (Å²) < 4.78 is 9.83. The van der Waals surface area contributed by atoms with Crippen LogP contribution in [-0.4, -0.2) is 62.8 Å². The van der Waals surface area contributed by atoms with Crippen LogP contribution in [0.15, 0.2) is 14.7 Å². The first-order chi connectivity index (χ1) is 14.5. The zero-order chi connectivity index (χ0) is 23.3. The molecule has 2 rings (SSSR count). The Morgan fingerprint density at radius 2 is 1.94 bits per heavy atom. The van der Waals surface area contributed by atoms with Gasteiger partial charge in [0.05, 0.1) is 18.4 Å². The van der Waals surface area contributed by atoms with E-state index in [4.69, 9.17) is 4.74 Å². The van der Waals surface area contributed by atoms with Gasteiger partial charge in [-0.2, -0.15) is 0 Å². The average molecular weight is 472 g/mol. The molecular weight excluding hydrogens is 438 g/mol. The van der Waals surface area contributed by atoms with Gasteiger partial charge in [-0.1, -0.05) is 38.3 Å². The summed E-state index contributed by atoms with van der Waals surface area (Å²) in [4.78, 5) is 41.8. The minimum Gasteiger partial charge on any atom is -0.394 e. The first-order valence-electron chi connectivity index (χ1n) is 10.3. The summed E-state index contributed by atoms with van der Waals surface area (Å²) in [5, 5.41) is 12.4. The van der Waals surface area contributed by atoms with Crippen molar-refractivity contribution in [2.75, 3.05) is 19.0 Å². The van der Waals surface area contributed by atoms with Gasteiger partial charge < -0.3 is 15.2 Å². The molecule has 2 heterocycles. The molecule has 1 amide bonds. The van der Waals surface area contributed by atoms with E-state index in [0.717, 1.165) is 22.4 Å². The fourth-order valence-electron chi connectivity index (χ4n) is 2.87. The largest absolute Gasteiger partial charge is 0.394 e. The number of hydrogen-bond donors (Lipinski definition) is 2. The van der Waals surface area contributed by atoms with Crippen molar-refractivity contribution >= 4 is 36.9 Å². The number of nitrogens with zero attached hydrogens (tertiary/aromatic N) is 4. The van der Waals surface area contributed by atoms with Gasteiger partial charge in [-0.05, 0) is 12.5 Å². The predicted molar refractivity (Wildman–Crippen MR) is 124 cm³/mol. The van der Waals surface area contributed by atoms with Crippen molar-refractivity contribution in [1.29, 1.82) is 0 Å². The lowest BCUT2D eigenvalue weighted by Gasteiger charge is -2.16. The van der Waals surface area contributed by atoms with Gasteiger partial charge in [0.1, 0.15) is 6.73 Å². The van der Waals surface area contributed by atoms with E-state index in [-0.39, 0.29) is 42.2 Å². The monoisotopic (exact) mass is 471 g/mol. The zero-order valence-electron chi connectivity index (χ0n) is 19.1. The number of hydrogen-bond acceptors (Lipinski definition) is 7. The molecule has 2 aromatic rings. The molecule has 2 aromatic heterocycles. The lowest BCUT2D eigenvalue weighted by atomic mass is 10.2. The van der Waals surface area contributed by atoms with Gasteiger partial charge in [0.15, 0.2) is 16.3 Å². The predicted octanol–water partition coefficient (Wildman–Crippen LogP) is 0.725. The molecule has 0 aliphatic rings. The Balaban J connectivity index is 2.34. The Morgan fingerprint density at radius 1 is 1.26 bits per heavy atom. The number of ether oxygens (including phenoxy) is 1. The molecule has 0 aromatic carbocycles. The van der Waals surface area contributed by atoms with Crippen LogP contribution in [0.4, 0.5) is 0 Å². The summed E-state index contributed by atoms with van der Waals surface area (Å²) in [6.45, 7) is 9.17. The van der Waals surface area contributed by atoms with Crippen LogP contribution in [0, 0.1) is 0 Å². The van der Waals surface area contributed by atoms with Gasteiger partial charge in [0.25, 0.3) is 5.56 Å². The van der Waals surface area contributed by atoms with Crippen molar-refractivity contribution in [3.63, 3.8) is 0 Å². The second kappa shape index (κ2) is 10.6. The molecule has 0 radical (unpaired) electrons. The second-order valence-electron chi connectivity index (χ2n) is 8.69. The zero-order valence-corrected chi connectivity index (χ0v) is 20.9. The number of fused-ring (bicyclic) bond motifs is 1. The maximum Gasteiger partial charge on any atom is 0.332 e. The Labute approximate surface area is 186 Å². The highest BCUT2D eigenvalue weighted by molar-refractivity contribution is 7.99. The van der Waals surface area contributed by atoms with Gasteiger partial charge in [-0.15, -0.1) is 0 Å². The summed E-state index contributed by atoms with van der Waals surface area (Å²) in [5.74, 6) is -0.186. The minimum absolute atomic E-state index is 0.0585. The van der Waals surface area contributed by atoms with E-state index >= 15 is 0 Å². The number of thioether (sulfide) groups is 1. The van der Waals surface area contributed by atoms with Gasteiger partial charge in [-0.25, -0.2) is 9.78 Å². The van der Waals surface area contributed by atoms with E-state index in [2.05, 4.69) is 29.9 Å². The van der Waals surface area contributed by atoms with Gasteiger partial charge in [0, 0.05) is 28.8 Å². The van der Waals surface area contributed by atoms with Crippen molar-refractivity contribution in [3.8, 4) is 0 Å². The number of carbonyl (C=O) groups excluding carboxylic acids is 1. The maximum atomic E-state index is 12.8. The smallest absolute Gasteiger partial charge is 0.332 e. The number of aromatic nitrogens is 4. The minimum atomic E-state index is -1.28. The summed E-state index contributed by atoms with van der Waals surface area (Å²) in [6.07, 6.45) is 0.620. The Morgan fingerprint density at radius 3 is 2.52 bits per heavy atom. The van der Waals surface area contributed by atoms with E-state index < -0.39 is 19.3 Å². The number of aryl methyl sites for hydroxylation is 1. The number of rotatable bonds is 11. The molecule has 1 atom stereocenters. The third-order valence-electron chi connectivity index (χ3n) is 4.94. The van der Waals surface area contributed by atoms with Gasteiger partial charge in [0.2, 0.25) is 5.91 Å². The molecule has 2 N–H and O–H groups in total. The van der Waals surface area contributed by atoms with E-state index in [1.165, 1.54) is 11.6 Å². The molecule has 0 saturated heterocycles. The van der Waals surface area contributed by atoms with Gasteiger partial charge in [-0.3, -0.25) is 23.3 Å². The van der Waals surface area contributed by atoms with Crippen molar-refractivity contribution in [2.24, 2.45) is 14.1 Å². The van der Waals surface area contributed by atoms with Crippen LogP contribution < -0.4 is 16.6 Å². The average Bonchev–Trinajstić information content (AvgIpc) is 3.08. The molecule has 10 nitrogen and oxygen atoms in total. The number of aliphatic hydroxyl groups is 1. The maximum absolute atomic E-state index is 12.8. The molecule has 174 valence electrons. The third-order valence-corrected chi connectivity index (χ3v) is 7.62. The van der Waals surface area contributed by atoms with E-state index in [1.807, 2.05) is 6.92 Å². The molecule has 1 unspecified atom stereocenters. The van der Waals surface area contributed by atoms with Gasteiger partial charge >= 0.3 is 5.69 Å². The highest BCUT2D eigenvalue weighted by atomic mass is 32.2. The highest BCUT2D eigenvalue weighted by Crippen LogP contribution is 2.22. The number of aliphatic hydroxyl groups excluding tert-OH is 1. The van der Waals surface area contributed by atoms with Crippen molar-refractivity contribution in [3.05, 3.63) is 20.8 Å². The molecule has 31 heavy (non-hydrogen) atoms. The molecule has 0 spiro atoms. The SMILES string of the molecule is CCC(CO)NC(=O)CSc1nc2c(c(=O)n(C)c(=O)n2C)n1COCC[Si](C)(C)C. The summed E-state index contributed by atoms with van der Waals surface area (Å²) >= 11 is 1.16. The molecule has 0 bridgehead atoms. The van der Waals surface area contributed by atoms with Crippen LogP contribution in [0.3, 0.4) is 0 Å². The first kappa shape index (κ1) is 25.4. The summed E-state index contributed by atoms with van der Waals surface area (Å²) in [5.41, 5.74) is -0.402. The quantitative estimate of drug-likeness (QED) is 0.281. The van der Waals surface area contributed by atoms with Crippen LogP contribution in [-0.2, 0) is 30.4 Å². The summed E-state index contributed by atoms with van der Waals surface area (Å²) in [7, 11) is 1.71. The first-order valence-corrected chi connectivity index (χ1v) is 15.0. The second-order valence-corrected chi connectivity index (χ2v) is 15.3. The Hall–Kier alpha value is -1.89. The van der Waals surface area contributed by atoms with Crippen LogP contribution in [0.1, 0.15) is 13.3 Å². The number of carbonyl (C=O) groups is 1. The number of nitrogens with one attached hydrogen (secondary N) is 1. The fourth-order valence-corrected chi connectivity index (χ4v) is 4.42. The highest BCUT2D eigenvalue weighted by Gasteiger charge is 2.21. The van der Waals surface area contributed by atoms with Crippen molar-refractivity contribution < 1.29 is 14.6 Å². The lowest BCUT2D eigenvalue weighted by Crippen LogP contribution is -2.38. The lowest BCUT2D eigenvalue weighted by molar-refractivity contribution is -0.119. The van der Waals surface area contributed by atoms with E-state index in [1.54, 1.807) is 11.6 Å². The van der Waals surface area contributed by atoms with E-state index in [0.29, 0.717) is 18.2 Å². The Bertz CT molecular complexity index is 1040. The van der Waals surface area contributed by atoms with Crippen molar-refractivity contribution in [2.45, 2.75) is 57.0 Å². The molecule has 12 heteroatoms. The van der Waals surface area contributed by atoms with Crippen LogP contribution >= 0.6 is 11.8 Å². The van der Waals surface area contributed by atoms with Crippen LogP contribution in [0.5, 0.6) is 0 Å². The molecule has 0 fully saturated rings. The third kappa shape index (κ3) is 6.31. The Kier molecular flexibility index (Phi) is 8.69. The topological polar surface area (TPSA) is 120 Å². The normalized spacial score (nSPS) is 13.0. The number of imidazole rings is 1. The standard InChI is InChI=1S/C19H33N5O5SSi/c1-7-13(10-25)20-14(26)11-30-18-21-16-15(17(27)23(3)19(28)22(16)2)24(18)12-29-8-9-31(4,5)6/h13,25H,7-12H2,1-6H3,(H,20,26). The van der Waals surface area contributed by atoms with Crippen LogP contribution in [0.2, 0.25) is 25.7 Å². The number of amides is 1. The summed E-state index contributed by atoms with van der Waals surface area (Å²) in [6, 6.07) is 0.672.